The number of halogens is 1. The third kappa shape index (κ3) is 3.55. The van der Waals surface area contributed by atoms with E-state index in [0.29, 0.717) is 6.42 Å². The molecule has 1 amide bonds. The number of amides is 1. The Hall–Kier alpha value is -1.88. The van der Waals surface area contributed by atoms with E-state index < -0.39 is 0 Å². The molecule has 4 nitrogen and oxygen atoms in total. The van der Waals surface area contributed by atoms with Crippen molar-refractivity contribution in [3.05, 3.63) is 35.3 Å². The van der Waals surface area contributed by atoms with E-state index in [-0.39, 0.29) is 11.7 Å². The minimum atomic E-state index is -0.205. The van der Waals surface area contributed by atoms with Gasteiger partial charge in [-0.2, -0.15) is 0 Å². The number of benzene rings is 1. The molecule has 1 saturated heterocycles. The molecule has 0 bridgehead atoms. The Balaban J connectivity index is 1.62. The first-order chi connectivity index (χ1) is 11.0. The smallest absolute Gasteiger partial charge is 0.222 e. The number of hydrogen-bond donors (Lipinski definition) is 1. The summed E-state index contributed by atoms with van der Waals surface area (Å²) in [5.41, 5.74) is 3.18. The maximum absolute atomic E-state index is 13.4. The second-order valence-electron chi connectivity index (χ2n) is 6.49. The molecule has 23 heavy (non-hydrogen) atoms. The van der Waals surface area contributed by atoms with Gasteiger partial charge in [0, 0.05) is 49.2 Å². The third-order valence-corrected chi connectivity index (χ3v) is 4.72. The summed E-state index contributed by atoms with van der Waals surface area (Å²) in [6, 6.07) is 4.85. The molecule has 1 aliphatic heterocycles. The van der Waals surface area contributed by atoms with E-state index in [1.54, 1.807) is 12.1 Å². The van der Waals surface area contributed by atoms with Gasteiger partial charge in [-0.15, -0.1) is 0 Å². The summed E-state index contributed by atoms with van der Waals surface area (Å²) in [5.74, 6) is 0.0741. The first-order valence-corrected chi connectivity index (χ1v) is 8.27. The molecule has 3 rings (SSSR count). The number of piperidine rings is 1. The second kappa shape index (κ2) is 6.71. The number of nitrogens with zero attached hydrogens (tertiary/aromatic N) is 2. The van der Waals surface area contributed by atoms with Gasteiger partial charge in [-0.3, -0.25) is 9.69 Å². The molecule has 0 radical (unpaired) electrons. The number of nitrogens with one attached hydrogen (secondary N) is 1. The maximum Gasteiger partial charge on any atom is 0.222 e. The van der Waals surface area contributed by atoms with Crippen LogP contribution < -0.4 is 0 Å². The summed E-state index contributed by atoms with van der Waals surface area (Å²) in [5, 5.41) is 0.944. The van der Waals surface area contributed by atoms with Crippen molar-refractivity contribution in [2.45, 2.75) is 32.7 Å². The maximum atomic E-state index is 13.4. The number of rotatable bonds is 5. The highest BCUT2D eigenvalue weighted by Gasteiger charge is 2.18. The summed E-state index contributed by atoms with van der Waals surface area (Å²) in [6.07, 6.45) is 2.83. The highest BCUT2D eigenvalue weighted by atomic mass is 19.1. The molecule has 1 aliphatic rings. The zero-order chi connectivity index (χ0) is 16.4. The number of aromatic amines is 1. The molecule has 1 aromatic carbocycles. The predicted octanol–water partition coefficient (Wildman–Crippen LogP) is 3.06. The molecule has 2 heterocycles. The van der Waals surface area contributed by atoms with E-state index in [9.17, 15) is 9.18 Å². The average Bonchev–Trinajstić information content (AvgIpc) is 2.83. The van der Waals surface area contributed by atoms with Crippen LogP contribution in [0.15, 0.2) is 18.2 Å². The number of aromatic nitrogens is 1. The van der Waals surface area contributed by atoms with E-state index in [1.165, 1.54) is 6.07 Å². The lowest BCUT2D eigenvalue weighted by Gasteiger charge is -2.28. The number of carbonyl (C=O) groups excluding carboxylic acids is 1. The molecule has 5 heteroatoms. The molecule has 0 aliphatic carbocycles. The summed E-state index contributed by atoms with van der Waals surface area (Å²) in [7, 11) is 2.06. The van der Waals surface area contributed by atoms with Gasteiger partial charge in [0.1, 0.15) is 5.82 Å². The minimum Gasteiger partial charge on any atom is -0.357 e. The Morgan fingerprint density at radius 1 is 1.35 bits per heavy atom. The predicted molar refractivity (Wildman–Crippen MR) is 89.8 cm³/mol. The van der Waals surface area contributed by atoms with Gasteiger partial charge in [0.2, 0.25) is 5.91 Å². The summed E-state index contributed by atoms with van der Waals surface area (Å²) >= 11 is 0. The standard InChI is InChI=1S/C18H24FN3O/c1-13-15-11-14(19)6-7-16(15)20-17(13)12-21(2)9-10-22-8-4-3-5-18(22)23/h6-7,11,20H,3-5,8-10,12H2,1-2H3. The lowest BCUT2D eigenvalue weighted by Crippen LogP contribution is -2.40. The molecule has 0 saturated carbocycles. The molecule has 1 fully saturated rings. The van der Waals surface area contributed by atoms with Crippen molar-refractivity contribution in [3.63, 3.8) is 0 Å². The number of hydrogen-bond acceptors (Lipinski definition) is 2. The van der Waals surface area contributed by atoms with E-state index in [1.807, 2.05) is 11.8 Å². The van der Waals surface area contributed by atoms with Gasteiger partial charge in [0.05, 0.1) is 0 Å². The van der Waals surface area contributed by atoms with Crippen molar-refractivity contribution < 1.29 is 9.18 Å². The third-order valence-electron chi connectivity index (χ3n) is 4.72. The lowest BCUT2D eigenvalue weighted by atomic mass is 10.1. The van der Waals surface area contributed by atoms with Crippen LogP contribution >= 0.6 is 0 Å². The Morgan fingerprint density at radius 3 is 2.96 bits per heavy atom. The summed E-state index contributed by atoms with van der Waals surface area (Å²) in [6.45, 7) is 5.30. The highest BCUT2D eigenvalue weighted by molar-refractivity contribution is 5.84. The van der Waals surface area contributed by atoms with Crippen LogP contribution in [0.4, 0.5) is 4.39 Å². The van der Waals surface area contributed by atoms with Crippen molar-refractivity contribution in [3.8, 4) is 0 Å². The number of likely N-dealkylation sites (tertiary alicyclic amines) is 1. The van der Waals surface area contributed by atoms with E-state index in [4.69, 9.17) is 0 Å². The topological polar surface area (TPSA) is 39.3 Å². The van der Waals surface area contributed by atoms with E-state index in [0.717, 1.165) is 61.2 Å². The van der Waals surface area contributed by atoms with Gasteiger partial charge < -0.3 is 9.88 Å². The van der Waals surface area contributed by atoms with Crippen LogP contribution in [0.25, 0.3) is 10.9 Å². The number of fused-ring (bicyclic) bond motifs is 1. The SMILES string of the molecule is Cc1c(CN(C)CCN2CCCCC2=O)[nH]c2ccc(F)cc12. The van der Waals surface area contributed by atoms with Crippen molar-refractivity contribution in [2.24, 2.45) is 0 Å². The van der Waals surface area contributed by atoms with Crippen LogP contribution in [0.5, 0.6) is 0 Å². The van der Waals surface area contributed by atoms with Crippen molar-refractivity contribution >= 4 is 16.8 Å². The fourth-order valence-corrected chi connectivity index (χ4v) is 3.25. The lowest BCUT2D eigenvalue weighted by molar-refractivity contribution is -0.133. The highest BCUT2D eigenvalue weighted by Crippen LogP contribution is 2.23. The zero-order valence-corrected chi connectivity index (χ0v) is 13.9. The minimum absolute atomic E-state index is 0.205. The Labute approximate surface area is 136 Å². The van der Waals surface area contributed by atoms with Crippen LogP contribution in [0.1, 0.15) is 30.5 Å². The monoisotopic (exact) mass is 317 g/mol. The molecule has 1 N–H and O–H groups in total. The molecular formula is C18H24FN3O. The Bertz CT molecular complexity index is 710. The molecule has 124 valence electrons. The number of likely N-dealkylation sites (N-methyl/N-ethyl adjacent to an activating group) is 1. The van der Waals surface area contributed by atoms with Gasteiger partial charge in [-0.1, -0.05) is 0 Å². The van der Waals surface area contributed by atoms with Crippen molar-refractivity contribution in [2.75, 3.05) is 26.7 Å². The van der Waals surface area contributed by atoms with Crippen LogP contribution in [0.2, 0.25) is 0 Å². The van der Waals surface area contributed by atoms with Crippen LogP contribution in [0, 0.1) is 12.7 Å². The van der Waals surface area contributed by atoms with Crippen LogP contribution in [-0.2, 0) is 11.3 Å². The molecule has 2 aromatic rings. The molecular weight excluding hydrogens is 293 g/mol. The molecule has 1 aromatic heterocycles. The Morgan fingerprint density at radius 2 is 2.17 bits per heavy atom. The van der Waals surface area contributed by atoms with Crippen LogP contribution in [-0.4, -0.2) is 47.4 Å². The molecule has 0 atom stereocenters. The first-order valence-electron chi connectivity index (χ1n) is 8.27. The van der Waals surface area contributed by atoms with Gasteiger partial charge in [-0.25, -0.2) is 4.39 Å². The fourth-order valence-electron chi connectivity index (χ4n) is 3.25. The largest absolute Gasteiger partial charge is 0.357 e. The summed E-state index contributed by atoms with van der Waals surface area (Å²) in [4.78, 5) is 19.4. The number of H-pyrrole nitrogens is 1. The first kappa shape index (κ1) is 16.0. The number of carbonyl (C=O) groups is 1. The molecule has 0 spiro atoms. The van der Waals surface area contributed by atoms with Crippen LogP contribution in [0.3, 0.4) is 0 Å². The van der Waals surface area contributed by atoms with Gasteiger partial charge in [0.15, 0.2) is 0 Å². The Kier molecular flexibility index (Phi) is 4.66. The van der Waals surface area contributed by atoms with Gasteiger partial charge in [0.25, 0.3) is 0 Å². The molecule has 0 unspecified atom stereocenters. The van der Waals surface area contributed by atoms with Crippen molar-refractivity contribution in [1.82, 2.24) is 14.8 Å². The van der Waals surface area contributed by atoms with E-state index in [2.05, 4.69) is 16.9 Å². The number of aryl methyl sites for hydroxylation is 1. The van der Waals surface area contributed by atoms with E-state index >= 15 is 0 Å². The van der Waals surface area contributed by atoms with Crippen molar-refractivity contribution in [1.29, 1.82) is 0 Å². The normalized spacial score (nSPS) is 15.8. The fraction of sp³-hybridized carbons (Fsp3) is 0.500. The summed E-state index contributed by atoms with van der Waals surface area (Å²) < 4.78 is 13.4. The quantitative estimate of drug-likeness (QED) is 0.920. The van der Waals surface area contributed by atoms with Gasteiger partial charge in [-0.05, 0) is 50.6 Å². The zero-order valence-electron chi connectivity index (χ0n) is 13.9. The van der Waals surface area contributed by atoms with Gasteiger partial charge >= 0.3 is 0 Å². The second-order valence-corrected chi connectivity index (χ2v) is 6.49. The average molecular weight is 317 g/mol.